The first kappa shape index (κ1) is 12.6. The minimum absolute atomic E-state index is 0.611. The number of rotatable bonds is 4. The molecule has 1 heterocycles. The Hall–Kier alpha value is -0.860. The van der Waals surface area contributed by atoms with Crippen LogP contribution in [0.1, 0.15) is 25.8 Å². The van der Waals surface area contributed by atoms with Crippen molar-refractivity contribution in [2.75, 3.05) is 19.6 Å². The number of nitrogens with one attached hydrogen (secondary N) is 1. The number of piperazine rings is 1. The summed E-state index contributed by atoms with van der Waals surface area (Å²) in [5, 5.41) is 3.69. The monoisotopic (exact) mass is 232 g/mol. The summed E-state index contributed by atoms with van der Waals surface area (Å²) in [7, 11) is 0. The van der Waals surface area contributed by atoms with Crippen molar-refractivity contribution in [1.82, 2.24) is 10.2 Å². The van der Waals surface area contributed by atoms with E-state index in [4.69, 9.17) is 0 Å². The van der Waals surface area contributed by atoms with Gasteiger partial charge in [0.15, 0.2) is 0 Å². The van der Waals surface area contributed by atoms with Crippen molar-refractivity contribution in [2.45, 2.75) is 38.8 Å². The molecule has 1 aromatic carbocycles. The predicted molar refractivity (Wildman–Crippen MR) is 73.3 cm³/mol. The molecular weight excluding hydrogens is 208 g/mol. The lowest BCUT2D eigenvalue weighted by molar-refractivity contribution is 0.133. The zero-order valence-electron chi connectivity index (χ0n) is 11.0. The summed E-state index contributed by atoms with van der Waals surface area (Å²) in [6, 6.07) is 12.1. The van der Waals surface area contributed by atoms with Crippen molar-refractivity contribution in [1.29, 1.82) is 0 Å². The Morgan fingerprint density at radius 2 is 2.00 bits per heavy atom. The Bertz CT molecular complexity index is 323. The predicted octanol–water partition coefficient (Wildman–Crippen LogP) is 2.30. The third-order valence-corrected chi connectivity index (χ3v) is 3.82. The summed E-state index contributed by atoms with van der Waals surface area (Å²) in [4.78, 5) is 2.62. The summed E-state index contributed by atoms with van der Waals surface area (Å²) in [6.07, 6.45) is 2.40. The molecule has 0 bridgehead atoms. The second-order valence-corrected chi connectivity index (χ2v) is 4.94. The van der Waals surface area contributed by atoms with Crippen molar-refractivity contribution in [3.05, 3.63) is 35.9 Å². The lowest BCUT2D eigenvalue weighted by Crippen LogP contribution is -2.56. The number of nitrogens with zero attached hydrogens (tertiary/aromatic N) is 1. The molecule has 2 nitrogen and oxygen atoms in total. The van der Waals surface area contributed by atoms with E-state index in [9.17, 15) is 0 Å². The standard InChI is InChI=1S/C15H24N2/c1-3-15-11-16-14(12-17(15)4-2)10-13-8-6-5-7-9-13/h5-9,14-16H,3-4,10-12H2,1-2H3. The molecule has 2 heteroatoms. The summed E-state index contributed by atoms with van der Waals surface area (Å²) in [6.45, 7) is 8.05. The van der Waals surface area contributed by atoms with Crippen LogP contribution in [0.2, 0.25) is 0 Å². The van der Waals surface area contributed by atoms with E-state index in [0.717, 1.165) is 19.0 Å². The van der Waals surface area contributed by atoms with E-state index in [1.54, 1.807) is 0 Å². The molecule has 0 radical (unpaired) electrons. The third kappa shape index (κ3) is 3.30. The van der Waals surface area contributed by atoms with Crippen LogP contribution >= 0.6 is 0 Å². The summed E-state index contributed by atoms with van der Waals surface area (Å²) in [5.74, 6) is 0. The van der Waals surface area contributed by atoms with Crippen molar-refractivity contribution in [2.24, 2.45) is 0 Å². The van der Waals surface area contributed by atoms with Gasteiger partial charge in [0.05, 0.1) is 0 Å². The van der Waals surface area contributed by atoms with E-state index in [2.05, 4.69) is 54.4 Å². The molecule has 2 rings (SSSR count). The maximum atomic E-state index is 3.69. The molecule has 1 fully saturated rings. The van der Waals surface area contributed by atoms with E-state index < -0.39 is 0 Å². The van der Waals surface area contributed by atoms with Crippen LogP contribution in [0.15, 0.2) is 30.3 Å². The highest BCUT2D eigenvalue weighted by Crippen LogP contribution is 2.13. The van der Waals surface area contributed by atoms with Gasteiger partial charge in [-0.15, -0.1) is 0 Å². The maximum absolute atomic E-state index is 3.69. The van der Waals surface area contributed by atoms with Crippen LogP contribution in [-0.4, -0.2) is 36.6 Å². The molecule has 1 aliphatic rings. The molecule has 1 aromatic rings. The molecule has 0 saturated carbocycles. The highest BCUT2D eigenvalue weighted by atomic mass is 15.2. The second kappa shape index (κ2) is 6.18. The van der Waals surface area contributed by atoms with Crippen molar-refractivity contribution in [3.63, 3.8) is 0 Å². The van der Waals surface area contributed by atoms with Gasteiger partial charge < -0.3 is 5.32 Å². The molecule has 0 spiro atoms. The van der Waals surface area contributed by atoms with Crippen LogP contribution in [0.3, 0.4) is 0 Å². The SMILES string of the molecule is CCC1CNC(Cc2ccccc2)CN1CC. The number of hydrogen-bond donors (Lipinski definition) is 1. The van der Waals surface area contributed by atoms with E-state index in [-0.39, 0.29) is 0 Å². The summed E-state index contributed by atoms with van der Waals surface area (Å²) < 4.78 is 0. The molecule has 0 aliphatic carbocycles. The van der Waals surface area contributed by atoms with Gasteiger partial charge in [-0.1, -0.05) is 44.2 Å². The number of benzene rings is 1. The number of hydrogen-bond acceptors (Lipinski definition) is 2. The van der Waals surface area contributed by atoms with Crippen LogP contribution in [0, 0.1) is 0 Å². The molecule has 1 N–H and O–H groups in total. The van der Waals surface area contributed by atoms with E-state index >= 15 is 0 Å². The van der Waals surface area contributed by atoms with Crippen molar-refractivity contribution in [3.8, 4) is 0 Å². The minimum atomic E-state index is 0.611. The van der Waals surface area contributed by atoms with Gasteiger partial charge in [0.25, 0.3) is 0 Å². The van der Waals surface area contributed by atoms with Gasteiger partial charge in [-0.2, -0.15) is 0 Å². The lowest BCUT2D eigenvalue weighted by Gasteiger charge is -2.39. The number of likely N-dealkylation sites (N-methyl/N-ethyl adjacent to an activating group) is 1. The van der Waals surface area contributed by atoms with Crippen LogP contribution in [0.5, 0.6) is 0 Å². The summed E-state index contributed by atoms with van der Waals surface area (Å²) >= 11 is 0. The van der Waals surface area contributed by atoms with Crippen molar-refractivity contribution < 1.29 is 0 Å². The fourth-order valence-electron chi connectivity index (χ4n) is 2.75. The van der Waals surface area contributed by atoms with Gasteiger partial charge in [-0.25, -0.2) is 0 Å². The fraction of sp³-hybridized carbons (Fsp3) is 0.600. The van der Waals surface area contributed by atoms with Crippen LogP contribution in [0.4, 0.5) is 0 Å². The van der Waals surface area contributed by atoms with Gasteiger partial charge in [0.2, 0.25) is 0 Å². The molecular formula is C15H24N2. The zero-order chi connectivity index (χ0) is 12.1. The third-order valence-electron chi connectivity index (χ3n) is 3.82. The normalized spacial score (nSPS) is 26.0. The van der Waals surface area contributed by atoms with Gasteiger partial charge >= 0.3 is 0 Å². The first-order chi connectivity index (χ1) is 8.33. The second-order valence-electron chi connectivity index (χ2n) is 4.94. The van der Waals surface area contributed by atoms with Crippen molar-refractivity contribution >= 4 is 0 Å². The van der Waals surface area contributed by atoms with Gasteiger partial charge in [0, 0.05) is 25.2 Å². The molecule has 2 unspecified atom stereocenters. The Morgan fingerprint density at radius 1 is 1.24 bits per heavy atom. The minimum Gasteiger partial charge on any atom is -0.311 e. The first-order valence-corrected chi connectivity index (χ1v) is 6.84. The molecule has 17 heavy (non-hydrogen) atoms. The maximum Gasteiger partial charge on any atom is 0.0236 e. The average molecular weight is 232 g/mol. The molecule has 1 saturated heterocycles. The smallest absolute Gasteiger partial charge is 0.0236 e. The van der Waals surface area contributed by atoms with Crippen LogP contribution < -0.4 is 5.32 Å². The summed E-state index contributed by atoms with van der Waals surface area (Å²) in [5.41, 5.74) is 1.44. The molecule has 1 aliphatic heterocycles. The van der Waals surface area contributed by atoms with E-state index in [0.29, 0.717) is 6.04 Å². The highest BCUT2D eigenvalue weighted by molar-refractivity contribution is 5.16. The molecule has 2 atom stereocenters. The Morgan fingerprint density at radius 3 is 2.65 bits per heavy atom. The van der Waals surface area contributed by atoms with E-state index in [1.165, 1.54) is 25.1 Å². The Balaban J connectivity index is 1.91. The van der Waals surface area contributed by atoms with Gasteiger partial charge in [-0.05, 0) is 24.9 Å². The Kier molecular flexibility index (Phi) is 4.57. The average Bonchev–Trinajstić information content (AvgIpc) is 2.40. The first-order valence-electron chi connectivity index (χ1n) is 6.84. The highest BCUT2D eigenvalue weighted by Gasteiger charge is 2.25. The lowest BCUT2D eigenvalue weighted by atomic mass is 10.0. The fourth-order valence-corrected chi connectivity index (χ4v) is 2.75. The molecule has 94 valence electrons. The molecule has 0 aromatic heterocycles. The van der Waals surface area contributed by atoms with Crippen LogP contribution in [0.25, 0.3) is 0 Å². The van der Waals surface area contributed by atoms with E-state index in [1.807, 2.05) is 0 Å². The van der Waals surface area contributed by atoms with Gasteiger partial charge in [0.1, 0.15) is 0 Å². The Labute approximate surface area is 105 Å². The largest absolute Gasteiger partial charge is 0.311 e. The van der Waals surface area contributed by atoms with Gasteiger partial charge in [-0.3, -0.25) is 4.90 Å². The quantitative estimate of drug-likeness (QED) is 0.857. The zero-order valence-corrected chi connectivity index (χ0v) is 11.0. The molecule has 0 amide bonds. The van der Waals surface area contributed by atoms with Crippen LogP contribution in [-0.2, 0) is 6.42 Å². The topological polar surface area (TPSA) is 15.3 Å².